The van der Waals surface area contributed by atoms with E-state index in [0.29, 0.717) is 6.42 Å². The van der Waals surface area contributed by atoms with E-state index < -0.39 is 0 Å². The molecule has 1 amide bonds. The highest BCUT2D eigenvalue weighted by atomic mass is 16.5. The van der Waals surface area contributed by atoms with Crippen molar-refractivity contribution in [1.29, 1.82) is 0 Å². The van der Waals surface area contributed by atoms with Gasteiger partial charge in [-0.15, -0.1) is 0 Å². The zero-order valence-electron chi connectivity index (χ0n) is 13.4. The highest BCUT2D eigenvalue weighted by Gasteiger charge is 2.46. The number of carbonyl (C=O) groups excluding carboxylic acids is 1. The van der Waals surface area contributed by atoms with E-state index in [-0.39, 0.29) is 17.0 Å². The van der Waals surface area contributed by atoms with Crippen LogP contribution in [0.25, 0.3) is 0 Å². The number of hydrogen-bond acceptors (Lipinski definition) is 4. The van der Waals surface area contributed by atoms with Gasteiger partial charge in [-0.2, -0.15) is 0 Å². The number of carbonyl (C=O) groups is 1. The van der Waals surface area contributed by atoms with Crippen LogP contribution < -0.4 is 5.32 Å². The van der Waals surface area contributed by atoms with Gasteiger partial charge in [0, 0.05) is 26.7 Å². The van der Waals surface area contributed by atoms with Crippen LogP contribution in [0.4, 0.5) is 0 Å². The van der Waals surface area contributed by atoms with E-state index in [2.05, 4.69) is 36.3 Å². The Morgan fingerprint density at radius 2 is 1.85 bits per heavy atom. The average molecular weight is 283 g/mol. The van der Waals surface area contributed by atoms with Gasteiger partial charge in [0.05, 0.1) is 17.6 Å². The van der Waals surface area contributed by atoms with Crippen molar-refractivity contribution < 1.29 is 9.53 Å². The number of nitrogens with zero attached hydrogens (tertiary/aromatic N) is 2. The molecule has 5 heteroatoms. The maximum absolute atomic E-state index is 12.4. The lowest BCUT2D eigenvalue weighted by atomic mass is 9.86. The summed E-state index contributed by atoms with van der Waals surface area (Å²) < 4.78 is 5.46. The number of hydrogen-bond donors (Lipinski definition) is 1. The molecule has 116 valence electrons. The molecule has 1 saturated heterocycles. The van der Waals surface area contributed by atoms with Crippen LogP contribution in [0, 0.1) is 0 Å². The number of likely N-dealkylation sites (tertiary alicyclic amines) is 1. The molecule has 1 heterocycles. The van der Waals surface area contributed by atoms with E-state index in [1.165, 1.54) is 0 Å². The molecule has 0 bridgehead atoms. The molecule has 0 atom stereocenters. The van der Waals surface area contributed by atoms with Gasteiger partial charge in [0.25, 0.3) is 0 Å². The van der Waals surface area contributed by atoms with Crippen molar-refractivity contribution in [2.45, 2.75) is 43.2 Å². The Labute approximate surface area is 122 Å². The van der Waals surface area contributed by atoms with Crippen LogP contribution in [0.3, 0.4) is 0 Å². The number of nitrogens with one attached hydrogen (secondary N) is 1. The lowest BCUT2D eigenvalue weighted by Gasteiger charge is -2.43. The molecule has 1 saturated carbocycles. The molecule has 0 aromatic rings. The Morgan fingerprint density at radius 1 is 1.25 bits per heavy atom. The molecule has 0 spiro atoms. The van der Waals surface area contributed by atoms with Crippen molar-refractivity contribution in [2.75, 3.05) is 47.9 Å². The summed E-state index contributed by atoms with van der Waals surface area (Å²) in [4.78, 5) is 16.9. The topological polar surface area (TPSA) is 44.8 Å². The second-order valence-corrected chi connectivity index (χ2v) is 6.93. The Kier molecular flexibility index (Phi) is 4.72. The van der Waals surface area contributed by atoms with Crippen LogP contribution in [-0.4, -0.2) is 74.7 Å². The van der Waals surface area contributed by atoms with Crippen LogP contribution in [0.15, 0.2) is 0 Å². The lowest BCUT2D eigenvalue weighted by molar-refractivity contribution is -0.127. The van der Waals surface area contributed by atoms with Gasteiger partial charge in [0.2, 0.25) is 5.91 Å². The maximum atomic E-state index is 12.4. The number of methoxy groups -OCH3 is 1. The SMILES string of the molecule is COC1(CC(=O)NC2(CN(C)C)CCN(C)CC2)CC1. The molecular formula is C15H29N3O2. The minimum Gasteiger partial charge on any atom is -0.378 e. The smallest absolute Gasteiger partial charge is 0.223 e. The molecule has 0 aromatic heterocycles. The van der Waals surface area contributed by atoms with Gasteiger partial charge in [-0.25, -0.2) is 0 Å². The molecule has 2 rings (SSSR count). The van der Waals surface area contributed by atoms with Gasteiger partial charge in [-0.1, -0.05) is 0 Å². The summed E-state index contributed by atoms with van der Waals surface area (Å²) in [5.74, 6) is 0.149. The first-order valence-electron chi connectivity index (χ1n) is 7.58. The van der Waals surface area contributed by atoms with E-state index in [4.69, 9.17) is 4.74 Å². The fraction of sp³-hybridized carbons (Fsp3) is 0.933. The highest BCUT2D eigenvalue weighted by Crippen LogP contribution is 2.42. The number of rotatable bonds is 6. The summed E-state index contributed by atoms with van der Waals surface area (Å²) in [5, 5.41) is 3.33. The molecular weight excluding hydrogens is 254 g/mol. The monoisotopic (exact) mass is 283 g/mol. The second-order valence-electron chi connectivity index (χ2n) is 6.93. The Morgan fingerprint density at radius 3 is 2.30 bits per heavy atom. The second kappa shape index (κ2) is 6.00. The van der Waals surface area contributed by atoms with Crippen LogP contribution in [-0.2, 0) is 9.53 Å². The molecule has 2 fully saturated rings. The number of amides is 1. The standard InChI is InChI=1S/C15H29N3O2/c1-17(2)12-14(7-9-18(3)10-8-14)16-13(19)11-15(20-4)5-6-15/h5-12H2,1-4H3,(H,16,19). The first-order valence-corrected chi connectivity index (χ1v) is 7.58. The fourth-order valence-electron chi connectivity index (χ4n) is 3.20. The first-order chi connectivity index (χ1) is 9.39. The lowest BCUT2D eigenvalue weighted by Crippen LogP contribution is -2.59. The van der Waals surface area contributed by atoms with Crippen molar-refractivity contribution >= 4 is 5.91 Å². The Bertz CT molecular complexity index is 345. The first kappa shape index (κ1) is 15.7. The zero-order valence-corrected chi connectivity index (χ0v) is 13.4. The van der Waals surface area contributed by atoms with Crippen molar-refractivity contribution in [3.05, 3.63) is 0 Å². The number of ether oxygens (including phenoxy) is 1. The summed E-state index contributed by atoms with van der Waals surface area (Å²) in [5.41, 5.74) is -0.230. The largest absolute Gasteiger partial charge is 0.378 e. The molecule has 1 aliphatic heterocycles. The number of piperidine rings is 1. The van der Waals surface area contributed by atoms with Gasteiger partial charge in [0.15, 0.2) is 0 Å². The molecule has 1 aliphatic carbocycles. The molecule has 20 heavy (non-hydrogen) atoms. The van der Waals surface area contributed by atoms with Gasteiger partial charge in [0.1, 0.15) is 0 Å². The third-order valence-corrected chi connectivity index (χ3v) is 4.69. The van der Waals surface area contributed by atoms with Gasteiger partial charge in [-0.3, -0.25) is 4.79 Å². The minimum absolute atomic E-state index is 0.0725. The van der Waals surface area contributed by atoms with Gasteiger partial charge < -0.3 is 19.9 Å². The van der Waals surface area contributed by atoms with Crippen LogP contribution in [0.1, 0.15) is 32.1 Å². The minimum atomic E-state index is -0.158. The predicted molar refractivity (Wildman–Crippen MR) is 79.7 cm³/mol. The summed E-state index contributed by atoms with van der Waals surface area (Å²) in [6.07, 6.45) is 4.58. The van der Waals surface area contributed by atoms with Crippen molar-refractivity contribution in [3.63, 3.8) is 0 Å². The normalized spacial score (nSPS) is 24.6. The summed E-state index contributed by atoms with van der Waals surface area (Å²) in [6, 6.07) is 0. The molecule has 1 N–H and O–H groups in total. The summed E-state index contributed by atoms with van der Waals surface area (Å²) in [7, 11) is 8.00. The van der Waals surface area contributed by atoms with Crippen molar-refractivity contribution in [1.82, 2.24) is 15.1 Å². The Balaban J connectivity index is 1.95. The van der Waals surface area contributed by atoms with Crippen LogP contribution >= 0.6 is 0 Å². The third kappa shape index (κ3) is 3.93. The van der Waals surface area contributed by atoms with E-state index in [0.717, 1.165) is 45.3 Å². The predicted octanol–water partition coefficient (Wildman–Crippen LogP) is 0.698. The number of likely N-dealkylation sites (N-methyl/N-ethyl adjacent to an activating group) is 1. The van der Waals surface area contributed by atoms with E-state index >= 15 is 0 Å². The van der Waals surface area contributed by atoms with Gasteiger partial charge in [-0.05, 0) is 46.8 Å². The van der Waals surface area contributed by atoms with Crippen LogP contribution in [0.2, 0.25) is 0 Å². The molecule has 0 unspecified atom stereocenters. The Hall–Kier alpha value is -0.650. The van der Waals surface area contributed by atoms with E-state index in [1.54, 1.807) is 7.11 Å². The molecule has 5 nitrogen and oxygen atoms in total. The third-order valence-electron chi connectivity index (χ3n) is 4.69. The summed E-state index contributed by atoms with van der Waals surface area (Å²) >= 11 is 0. The summed E-state index contributed by atoms with van der Waals surface area (Å²) in [6.45, 7) is 3.00. The molecule has 2 aliphatic rings. The van der Waals surface area contributed by atoms with Crippen molar-refractivity contribution in [2.24, 2.45) is 0 Å². The fourth-order valence-corrected chi connectivity index (χ4v) is 3.20. The van der Waals surface area contributed by atoms with E-state index in [1.807, 2.05) is 0 Å². The van der Waals surface area contributed by atoms with Gasteiger partial charge >= 0.3 is 0 Å². The average Bonchev–Trinajstić information content (AvgIpc) is 3.12. The zero-order chi connectivity index (χ0) is 14.8. The van der Waals surface area contributed by atoms with Crippen LogP contribution in [0.5, 0.6) is 0 Å². The molecule has 0 radical (unpaired) electrons. The van der Waals surface area contributed by atoms with Crippen molar-refractivity contribution in [3.8, 4) is 0 Å². The maximum Gasteiger partial charge on any atom is 0.223 e. The molecule has 0 aromatic carbocycles. The quantitative estimate of drug-likeness (QED) is 0.779. The highest BCUT2D eigenvalue weighted by molar-refractivity contribution is 5.78. The van der Waals surface area contributed by atoms with E-state index in [9.17, 15) is 4.79 Å².